The van der Waals surface area contributed by atoms with E-state index in [0.717, 1.165) is 34.3 Å². The number of aromatic nitrogens is 1. The molecule has 2 aliphatic heterocycles. The quantitative estimate of drug-likeness (QED) is 0.532. The fourth-order valence-electron chi connectivity index (χ4n) is 5.64. The lowest BCUT2D eigenvalue weighted by Gasteiger charge is -2.45. The molecule has 176 valence electrons. The first kappa shape index (κ1) is 22.3. The number of imide groups is 1. The number of aromatic amines is 1. The maximum Gasteiger partial charge on any atom is 0.328 e. The van der Waals surface area contributed by atoms with Crippen molar-refractivity contribution < 1.29 is 14.3 Å². The predicted molar refractivity (Wildman–Crippen MR) is 131 cm³/mol. The zero-order chi connectivity index (χ0) is 24.0. The number of methoxy groups -OCH3 is 1. The molecular weight excluding hydrogens is 428 g/mol. The number of ether oxygens (including phenoxy) is 1. The molecule has 5 rings (SSSR count). The number of allylic oxidation sites excluding steroid dienone is 3. The van der Waals surface area contributed by atoms with Gasteiger partial charge in [-0.25, -0.2) is 4.79 Å². The van der Waals surface area contributed by atoms with E-state index in [9.17, 15) is 9.59 Å². The van der Waals surface area contributed by atoms with Gasteiger partial charge in [-0.3, -0.25) is 14.6 Å². The van der Waals surface area contributed by atoms with Crippen molar-refractivity contribution in [3.8, 4) is 18.1 Å². The van der Waals surface area contributed by atoms with Crippen LogP contribution in [0.15, 0.2) is 42.5 Å². The highest BCUT2D eigenvalue weighted by atomic mass is 16.5. The third kappa shape index (κ3) is 3.33. The van der Waals surface area contributed by atoms with Crippen LogP contribution in [0, 0.1) is 18.3 Å². The lowest BCUT2D eigenvalue weighted by Crippen LogP contribution is -2.54. The van der Waals surface area contributed by atoms with E-state index in [1.165, 1.54) is 4.90 Å². The summed E-state index contributed by atoms with van der Waals surface area (Å²) in [7, 11) is 3.55. The van der Waals surface area contributed by atoms with Gasteiger partial charge in [0.2, 0.25) is 0 Å². The highest BCUT2D eigenvalue weighted by molar-refractivity contribution is 6.08. The zero-order valence-electron chi connectivity index (χ0n) is 19.9. The minimum Gasteiger partial charge on any atom is -0.497 e. The van der Waals surface area contributed by atoms with Crippen molar-refractivity contribution in [2.45, 2.75) is 31.3 Å². The van der Waals surface area contributed by atoms with Crippen LogP contribution in [0.1, 0.15) is 30.6 Å². The first-order valence-corrected chi connectivity index (χ1v) is 11.7. The largest absolute Gasteiger partial charge is 0.497 e. The third-order valence-corrected chi connectivity index (χ3v) is 7.40. The molecule has 0 spiro atoms. The number of carbonyl (C=O) groups is 2. The van der Waals surface area contributed by atoms with E-state index in [1.54, 1.807) is 7.11 Å². The Kier molecular flexibility index (Phi) is 5.49. The second kappa shape index (κ2) is 8.37. The molecule has 0 bridgehead atoms. The number of hydrogen-bond acceptors (Lipinski definition) is 4. The van der Waals surface area contributed by atoms with E-state index < -0.39 is 5.54 Å². The van der Waals surface area contributed by atoms with Crippen LogP contribution in [0.4, 0.5) is 4.79 Å². The molecule has 1 saturated heterocycles. The second-order valence-corrected chi connectivity index (χ2v) is 9.59. The summed E-state index contributed by atoms with van der Waals surface area (Å²) in [6.07, 6.45) is 15.0. The van der Waals surface area contributed by atoms with Crippen LogP contribution < -0.4 is 4.74 Å². The number of nitrogens with one attached hydrogen (secondary N) is 1. The van der Waals surface area contributed by atoms with Crippen molar-refractivity contribution in [1.82, 2.24) is 19.7 Å². The molecule has 1 aromatic heterocycles. The molecule has 1 aliphatic carbocycles. The number of carbonyl (C=O) groups excluding carboxylic acids is 2. The fraction of sp³-hybridized carbons (Fsp3) is 0.407. The van der Waals surface area contributed by atoms with Gasteiger partial charge < -0.3 is 14.6 Å². The summed E-state index contributed by atoms with van der Waals surface area (Å²) < 4.78 is 5.47. The Balaban J connectivity index is 1.60. The van der Waals surface area contributed by atoms with E-state index in [4.69, 9.17) is 11.2 Å². The third-order valence-electron chi connectivity index (χ3n) is 7.40. The molecule has 3 aliphatic rings. The van der Waals surface area contributed by atoms with Crippen molar-refractivity contribution in [2.24, 2.45) is 5.92 Å². The number of fused-ring (bicyclic) bond motifs is 4. The van der Waals surface area contributed by atoms with E-state index >= 15 is 0 Å². The zero-order valence-corrected chi connectivity index (χ0v) is 19.9. The van der Waals surface area contributed by atoms with Crippen LogP contribution >= 0.6 is 0 Å². The standard InChI is InChI=1S/C27H30N4O3/c1-5-13-29(3)14-15-30-25(32)27(2)17-21-20-16-19(34-4)11-12-22(20)28-23(21)24(31(27)26(30)33)18-9-7-6-8-10-18/h1,6-9,11-12,16,18,24,28H,10,13-15,17H2,2-4H3/t18?,24-,27+/m1/s1. The SMILES string of the molecule is C#CCN(C)CCN1C(=O)N2[C@H](C3C=CC=CC3)c3[nH]c4ccc(OC)cc4c3C[C@@]2(C)C1=O. The molecule has 3 amide bonds. The van der Waals surface area contributed by atoms with E-state index in [2.05, 4.69) is 23.1 Å². The maximum absolute atomic E-state index is 13.8. The van der Waals surface area contributed by atoms with Crippen LogP contribution in [-0.4, -0.2) is 71.0 Å². The molecular formula is C27H30N4O3. The molecule has 1 aromatic carbocycles. The number of amides is 3. The minimum absolute atomic E-state index is 0.0687. The number of likely N-dealkylation sites (N-methyl/N-ethyl adjacent to an activating group) is 1. The van der Waals surface area contributed by atoms with Crippen molar-refractivity contribution in [3.63, 3.8) is 0 Å². The second-order valence-electron chi connectivity index (χ2n) is 9.59. The van der Waals surface area contributed by atoms with Crippen LogP contribution in [0.3, 0.4) is 0 Å². The minimum atomic E-state index is -0.952. The molecule has 3 atom stereocenters. The Labute approximate surface area is 200 Å². The summed E-state index contributed by atoms with van der Waals surface area (Å²) in [5.41, 5.74) is 2.14. The Hall–Kier alpha value is -3.50. The highest BCUT2D eigenvalue weighted by Crippen LogP contribution is 2.50. The van der Waals surface area contributed by atoms with Gasteiger partial charge in [-0.05, 0) is 44.2 Å². The lowest BCUT2D eigenvalue weighted by atomic mass is 9.78. The van der Waals surface area contributed by atoms with Gasteiger partial charge in [0, 0.05) is 42.0 Å². The monoisotopic (exact) mass is 458 g/mol. The summed E-state index contributed by atoms with van der Waals surface area (Å²) in [4.78, 5) is 36.4. The number of urea groups is 1. The average Bonchev–Trinajstić information content (AvgIpc) is 3.28. The molecule has 2 aromatic rings. The van der Waals surface area contributed by atoms with E-state index in [0.29, 0.717) is 26.1 Å². The van der Waals surface area contributed by atoms with Crippen LogP contribution in [-0.2, 0) is 11.2 Å². The van der Waals surface area contributed by atoms with Gasteiger partial charge >= 0.3 is 6.03 Å². The first-order chi connectivity index (χ1) is 16.4. The number of benzene rings is 1. The normalized spacial score (nSPS) is 25.7. The molecule has 34 heavy (non-hydrogen) atoms. The number of rotatable bonds is 6. The average molecular weight is 459 g/mol. The van der Waals surface area contributed by atoms with Gasteiger partial charge in [-0.1, -0.05) is 30.2 Å². The predicted octanol–water partition coefficient (Wildman–Crippen LogP) is 3.49. The Morgan fingerprint density at radius 3 is 2.85 bits per heavy atom. The molecule has 7 heteroatoms. The summed E-state index contributed by atoms with van der Waals surface area (Å²) in [6.45, 7) is 3.23. The summed E-state index contributed by atoms with van der Waals surface area (Å²) in [5, 5.41) is 1.04. The van der Waals surface area contributed by atoms with Gasteiger partial charge in [0.05, 0.1) is 19.7 Å². The molecule has 1 N–H and O–H groups in total. The van der Waals surface area contributed by atoms with Crippen LogP contribution in [0.5, 0.6) is 5.75 Å². The Morgan fingerprint density at radius 2 is 2.15 bits per heavy atom. The van der Waals surface area contributed by atoms with Crippen molar-refractivity contribution in [1.29, 1.82) is 0 Å². The number of nitrogens with zero attached hydrogens (tertiary/aromatic N) is 3. The number of H-pyrrole nitrogens is 1. The van der Waals surface area contributed by atoms with Gasteiger partial charge in [0.25, 0.3) is 5.91 Å². The van der Waals surface area contributed by atoms with Crippen molar-refractivity contribution in [2.75, 3.05) is 33.8 Å². The molecule has 0 radical (unpaired) electrons. The summed E-state index contributed by atoms with van der Waals surface area (Å²) >= 11 is 0. The number of terminal acetylenes is 1. The molecule has 7 nitrogen and oxygen atoms in total. The Bertz CT molecular complexity index is 1250. The topological polar surface area (TPSA) is 68.9 Å². The lowest BCUT2D eigenvalue weighted by molar-refractivity contribution is -0.133. The van der Waals surface area contributed by atoms with Gasteiger partial charge in [-0.2, -0.15) is 0 Å². The molecule has 1 unspecified atom stereocenters. The smallest absolute Gasteiger partial charge is 0.328 e. The fourth-order valence-corrected chi connectivity index (χ4v) is 5.64. The van der Waals surface area contributed by atoms with Crippen molar-refractivity contribution >= 4 is 22.8 Å². The van der Waals surface area contributed by atoms with Crippen LogP contribution in [0.25, 0.3) is 10.9 Å². The molecule has 3 heterocycles. The van der Waals surface area contributed by atoms with Crippen molar-refractivity contribution in [3.05, 3.63) is 53.8 Å². The molecule has 1 fully saturated rings. The van der Waals surface area contributed by atoms with Gasteiger partial charge in [0.1, 0.15) is 11.3 Å². The Morgan fingerprint density at radius 1 is 1.32 bits per heavy atom. The van der Waals surface area contributed by atoms with Crippen LogP contribution in [0.2, 0.25) is 0 Å². The number of hydrogen-bond donors (Lipinski definition) is 1. The van der Waals surface area contributed by atoms with Gasteiger partial charge in [-0.15, -0.1) is 6.42 Å². The summed E-state index contributed by atoms with van der Waals surface area (Å²) in [6, 6.07) is 5.46. The summed E-state index contributed by atoms with van der Waals surface area (Å²) in [5.74, 6) is 3.30. The van der Waals surface area contributed by atoms with E-state index in [-0.39, 0.29) is 23.9 Å². The molecule has 0 saturated carbocycles. The highest BCUT2D eigenvalue weighted by Gasteiger charge is 2.60. The first-order valence-electron chi connectivity index (χ1n) is 11.7. The maximum atomic E-state index is 13.8. The van der Waals surface area contributed by atoms with E-state index in [1.807, 2.05) is 54.1 Å². The van der Waals surface area contributed by atoms with Gasteiger partial charge in [0.15, 0.2) is 0 Å².